The number of nitrogens with one attached hydrogen (secondary N) is 2. The lowest BCUT2D eigenvalue weighted by Gasteiger charge is -2.48. The summed E-state index contributed by atoms with van der Waals surface area (Å²) in [6.07, 6.45) is 10.1. The van der Waals surface area contributed by atoms with Crippen molar-refractivity contribution in [1.82, 2.24) is 10.2 Å². The second kappa shape index (κ2) is 8.38. The van der Waals surface area contributed by atoms with Gasteiger partial charge in [-0.05, 0) is 50.9 Å². The first-order chi connectivity index (χ1) is 13.3. The van der Waals surface area contributed by atoms with Crippen molar-refractivity contribution in [3.8, 4) is 11.5 Å². The van der Waals surface area contributed by atoms with E-state index < -0.39 is 0 Å². The van der Waals surface area contributed by atoms with E-state index in [1.165, 1.54) is 64.5 Å². The molecule has 0 radical (unpaired) electrons. The highest BCUT2D eigenvalue weighted by Crippen LogP contribution is 2.35. The molecule has 1 saturated heterocycles. The summed E-state index contributed by atoms with van der Waals surface area (Å²) in [6.45, 7) is 4.18. The molecule has 2 heterocycles. The predicted octanol–water partition coefficient (Wildman–Crippen LogP) is 3.77. The molecule has 0 bridgehead atoms. The quantitative estimate of drug-likeness (QED) is 0.843. The Morgan fingerprint density at radius 3 is 2.44 bits per heavy atom. The lowest BCUT2D eigenvalue weighted by Crippen LogP contribution is -2.58. The molecule has 6 heteroatoms. The third-order valence-electron chi connectivity index (χ3n) is 6.19. The van der Waals surface area contributed by atoms with E-state index in [4.69, 9.17) is 9.47 Å². The van der Waals surface area contributed by atoms with Crippen molar-refractivity contribution in [2.45, 2.75) is 56.9 Å². The van der Waals surface area contributed by atoms with Crippen LogP contribution in [-0.4, -0.2) is 49.3 Å². The summed E-state index contributed by atoms with van der Waals surface area (Å²) < 4.78 is 11.1. The maximum absolute atomic E-state index is 12.5. The number of rotatable bonds is 4. The Morgan fingerprint density at radius 1 is 0.963 bits per heavy atom. The molecule has 148 valence electrons. The molecular formula is C21H31N3O3. The number of carbonyl (C=O) groups excluding carboxylic acids is 1. The third-order valence-corrected chi connectivity index (χ3v) is 6.19. The highest BCUT2D eigenvalue weighted by molar-refractivity contribution is 5.89. The molecule has 0 aromatic heterocycles. The summed E-state index contributed by atoms with van der Waals surface area (Å²) in [5.74, 6) is 1.43. The van der Waals surface area contributed by atoms with Crippen LogP contribution in [0, 0.1) is 0 Å². The Labute approximate surface area is 161 Å². The number of benzene rings is 1. The highest BCUT2D eigenvalue weighted by atomic mass is 16.6. The topological polar surface area (TPSA) is 62.8 Å². The van der Waals surface area contributed by atoms with Gasteiger partial charge in [0.25, 0.3) is 0 Å². The van der Waals surface area contributed by atoms with Gasteiger partial charge in [0.15, 0.2) is 11.5 Å². The zero-order valence-electron chi connectivity index (χ0n) is 16.1. The van der Waals surface area contributed by atoms with Crippen molar-refractivity contribution in [3.05, 3.63) is 18.2 Å². The number of hydrogen-bond acceptors (Lipinski definition) is 4. The second-order valence-corrected chi connectivity index (χ2v) is 8.00. The number of piperidine rings is 1. The number of anilines is 1. The van der Waals surface area contributed by atoms with E-state index >= 15 is 0 Å². The van der Waals surface area contributed by atoms with E-state index in [1.54, 1.807) is 0 Å². The van der Waals surface area contributed by atoms with Crippen molar-refractivity contribution in [3.63, 3.8) is 0 Å². The molecular weight excluding hydrogens is 342 g/mol. The normalized spacial score (nSPS) is 22.1. The van der Waals surface area contributed by atoms with Crippen LogP contribution in [0.3, 0.4) is 0 Å². The van der Waals surface area contributed by atoms with E-state index in [-0.39, 0.29) is 11.6 Å². The van der Waals surface area contributed by atoms with Crippen molar-refractivity contribution in [1.29, 1.82) is 0 Å². The molecule has 1 aromatic carbocycles. The molecule has 0 spiro atoms. The van der Waals surface area contributed by atoms with Gasteiger partial charge in [-0.15, -0.1) is 0 Å². The molecule has 1 saturated carbocycles. The largest absolute Gasteiger partial charge is 0.486 e. The van der Waals surface area contributed by atoms with Crippen LogP contribution in [0.15, 0.2) is 18.2 Å². The van der Waals surface area contributed by atoms with Gasteiger partial charge in [0.1, 0.15) is 13.2 Å². The lowest BCUT2D eigenvalue weighted by atomic mass is 9.79. The summed E-state index contributed by atoms with van der Waals surface area (Å²) in [5.41, 5.74) is 0.871. The van der Waals surface area contributed by atoms with Gasteiger partial charge in [-0.2, -0.15) is 0 Å². The number of carbonyl (C=O) groups is 1. The molecule has 27 heavy (non-hydrogen) atoms. The Hall–Kier alpha value is -1.95. The first kappa shape index (κ1) is 18.4. The van der Waals surface area contributed by atoms with Gasteiger partial charge in [-0.1, -0.05) is 25.7 Å². The van der Waals surface area contributed by atoms with Crippen LogP contribution >= 0.6 is 0 Å². The molecule has 1 aliphatic carbocycles. The SMILES string of the molecule is O=C(NCC1(N2CCCCC2)CCCCC1)Nc1ccc2c(c1)OCCO2. The zero-order chi connectivity index (χ0) is 18.5. The van der Waals surface area contributed by atoms with Crippen LogP contribution in [0.4, 0.5) is 10.5 Å². The first-order valence-corrected chi connectivity index (χ1v) is 10.4. The van der Waals surface area contributed by atoms with Gasteiger partial charge in [-0.25, -0.2) is 4.79 Å². The van der Waals surface area contributed by atoms with Crippen molar-refractivity contribution in [2.75, 3.05) is 38.2 Å². The molecule has 2 aliphatic heterocycles. The fraction of sp³-hybridized carbons (Fsp3) is 0.667. The van der Waals surface area contributed by atoms with E-state index in [0.29, 0.717) is 19.0 Å². The van der Waals surface area contributed by atoms with Crippen molar-refractivity contribution in [2.24, 2.45) is 0 Å². The maximum Gasteiger partial charge on any atom is 0.319 e. The summed E-state index contributed by atoms with van der Waals surface area (Å²) in [4.78, 5) is 15.2. The molecule has 4 rings (SSSR count). The molecule has 1 aromatic rings. The fourth-order valence-corrected chi connectivity index (χ4v) is 4.72. The van der Waals surface area contributed by atoms with E-state index in [9.17, 15) is 4.79 Å². The Morgan fingerprint density at radius 2 is 1.67 bits per heavy atom. The van der Waals surface area contributed by atoms with Crippen LogP contribution in [0.1, 0.15) is 51.4 Å². The minimum absolute atomic E-state index is 0.142. The van der Waals surface area contributed by atoms with Crippen LogP contribution in [0.5, 0.6) is 11.5 Å². The molecule has 6 nitrogen and oxygen atoms in total. The zero-order valence-corrected chi connectivity index (χ0v) is 16.1. The van der Waals surface area contributed by atoms with Gasteiger partial charge < -0.3 is 20.1 Å². The molecule has 2 N–H and O–H groups in total. The number of fused-ring (bicyclic) bond motifs is 1. The second-order valence-electron chi connectivity index (χ2n) is 8.00. The molecule has 0 atom stereocenters. The smallest absolute Gasteiger partial charge is 0.319 e. The Balaban J connectivity index is 1.36. The lowest BCUT2D eigenvalue weighted by molar-refractivity contribution is 0.0358. The van der Waals surface area contributed by atoms with Crippen LogP contribution < -0.4 is 20.1 Å². The standard InChI is InChI=1S/C21H31N3O3/c25-20(23-17-7-8-18-19(15-17)27-14-13-26-18)22-16-21(9-3-1-4-10-21)24-11-5-2-6-12-24/h7-8,15H,1-6,9-14,16H2,(H2,22,23,25). The van der Waals surface area contributed by atoms with Gasteiger partial charge in [-0.3, -0.25) is 4.90 Å². The number of nitrogens with zero attached hydrogens (tertiary/aromatic N) is 1. The van der Waals surface area contributed by atoms with Gasteiger partial charge in [0.05, 0.1) is 0 Å². The number of likely N-dealkylation sites (tertiary alicyclic amines) is 1. The van der Waals surface area contributed by atoms with Gasteiger partial charge in [0, 0.05) is 23.8 Å². The summed E-state index contributed by atoms with van der Waals surface area (Å²) in [6, 6.07) is 5.39. The summed E-state index contributed by atoms with van der Waals surface area (Å²) >= 11 is 0. The number of urea groups is 1. The van der Waals surface area contributed by atoms with E-state index in [2.05, 4.69) is 15.5 Å². The monoisotopic (exact) mass is 373 g/mol. The average Bonchev–Trinajstić information content (AvgIpc) is 2.73. The summed E-state index contributed by atoms with van der Waals surface area (Å²) in [5, 5.41) is 6.10. The molecule has 3 aliphatic rings. The van der Waals surface area contributed by atoms with E-state index in [1.807, 2.05) is 18.2 Å². The number of amides is 2. The molecule has 0 unspecified atom stereocenters. The van der Waals surface area contributed by atoms with Gasteiger partial charge >= 0.3 is 6.03 Å². The fourth-order valence-electron chi connectivity index (χ4n) is 4.72. The highest BCUT2D eigenvalue weighted by Gasteiger charge is 2.38. The van der Waals surface area contributed by atoms with Crippen molar-refractivity contribution >= 4 is 11.7 Å². The maximum atomic E-state index is 12.5. The Kier molecular flexibility index (Phi) is 5.72. The molecule has 2 amide bonds. The van der Waals surface area contributed by atoms with Crippen LogP contribution in [-0.2, 0) is 0 Å². The van der Waals surface area contributed by atoms with Crippen LogP contribution in [0.2, 0.25) is 0 Å². The third kappa shape index (κ3) is 4.32. The van der Waals surface area contributed by atoms with Crippen molar-refractivity contribution < 1.29 is 14.3 Å². The number of hydrogen-bond donors (Lipinski definition) is 2. The van der Waals surface area contributed by atoms with Gasteiger partial charge in [0.2, 0.25) is 0 Å². The van der Waals surface area contributed by atoms with E-state index in [0.717, 1.165) is 18.0 Å². The average molecular weight is 373 g/mol. The Bertz CT molecular complexity index is 652. The first-order valence-electron chi connectivity index (χ1n) is 10.4. The predicted molar refractivity (Wildman–Crippen MR) is 106 cm³/mol. The van der Waals surface area contributed by atoms with Crippen LogP contribution in [0.25, 0.3) is 0 Å². The minimum atomic E-state index is -0.145. The number of ether oxygens (including phenoxy) is 2. The minimum Gasteiger partial charge on any atom is -0.486 e. The summed E-state index contributed by atoms with van der Waals surface area (Å²) in [7, 11) is 0. The molecule has 2 fully saturated rings.